The lowest BCUT2D eigenvalue weighted by molar-refractivity contribution is -0.137. The molecule has 0 aliphatic carbocycles. The van der Waals surface area contributed by atoms with Crippen molar-refractivity contribution in [2.45, 2.75) is 58.3 Å². The molecule has 0 spiro atoms. The zero-order chi connectivity index (χ0) is 14.6. The maximum atomic E-state index is 10.6. The van der Waals surface area contributed by atoms with E-state index in [-0.39, 0.29) is 17.8 Å². The fourth-order valence-electron chi connectivity index (χ4n) is 2.26. The second kappa shape index (κ2) is 6.09. The maximum absolute atomic E-state index is 10.6. The first-order chi connectivity index (χ1) is 8.74. The predicted molar refractivity (Wildman–Crippen MR) is 76.7 cm³/mol. The highest BCUT2D eigenvalue weighted by Gasteiger charge is 2.22. The average molecular weight is 264 g/mol. The van der Waals surface area contributed by atoms with E-state index in [4.69, 9.17) is 5.11 Å². The molecule has 0 aliphatic heterocycles. The molecule has 0 heterocycles. The zero-order valence-corrected chi connectivity index (χ0v) is 12.2. The van der Waals surface area contributed by atoms with Gasteiger partial charge in [-0.15, -0.1) is 0 Å². The van der Waals surface area contributed by atoms with Crippen molar-refractivity contribution >= 4 is 5.97 Å². The summed E-state index contributed by atoms with van der Waals surface area (Å²) in [5, 5.41) is 18.5. The number of carboxylic acid groups (broad SMARTS) is 1. The minimum Gasteiger partial charge on any atom is -0.508 e. The summed E-state index contributed by atoms with van der Waals surface area (Å²) in [6.07, 6.45) is 1.69. The molecule has 1 aromatic carbocycles. The molecule has 1 rings (SSSR count). The predicted octanol–water partition coefficient (Wildman–Crippen LogP) is 4.05. The molecule has 0 aliphatic rings. The third-order valence-electron chi connectivity index (χ3n) is 3.62. The van der Waals surface area contributed by atoms with Crippen molar-refractivity contribution in [1.29, 1.82) is 0 Å². The maximum Gasteiger partial charge on any atom is 0.303 e. The number of phenols is 1. The van der Waals surface area contributed by atoms with Crippen molar-refractivity contribution in [3.8, 4) is 5.75 Å². The molecule has 3 nitrogen and oxygen atoms in total. The highest BCUT2D eigenvalue weighted by atomic mass is 16.4. The Morgan fingerprint density at radius 3 is 2.47 bits per heavy atom. The van der Waals surface area contributed by atoms with Gasteiger partial charge in [0, 0.05) is 6.42 Å². The fraction of sp³-hybridized carbons (Fsp3) is 0.562. The molecular weight excluding hydrogens is 240 g/mol. The number of hydrogen-bond donors (Lipinski definition) is 2. The molecule has 3 heteroatoms. The Balaban J connectivity index is 2.88. The Hall–Kier alpha value is -1.51. The number of aliphatic carboxylic acids is 1. The lowest BCUT2D eigenvalue weighted by Crippen LogP contribution is -2.18. The summed E-state index contributed by atoms with van der Waals surface area (Å²) < 4.78 is 0. The molecule has 0 saturated carbocycles. The van der Waals surface area contributed by atoms with E-state index >= 15 is 0 Å². The molecule has 0 radical (unpaired) electrons. The van der Waals surface area contributed by atoms with Crippen LogP contribution in [0.2, 0.25) is 0 Å². The molecule has 19 heavy (non-hydrogen) atoms. The number of benzene rings is 1. The first kappa shape index (κ1) is 15.5. The van der Waals surface area contributed by atoms with Crippen LogP contribution in [0.5, 0.6) is 5.75 Å². The SMILES string of the molecule is CC(C)c1cc(C(C)(C)CCCC(=O)O)ccc1O. The highest BCUT2D eigenvalue weighted by Crippen LogP contribution is 2.34. The molecule has 0 fully saturated rings. The van der Waals surface area contributed by atoms with Crippen LogP contribution < -0.4 is 0 Å². The van der Waals surface area contributed by atoms with Gasteiger partial charge < -0.3 is 10.2 Å². The van der Waals surface area contributed by atoms with E-state index in [0.717, 1.165) is 17.5 Å². The normalized spacial score (nSPS) is 11.8. The van der Waals surface area contributed by atoms with Gasteiger partial charge in [-0.1, -0.05) is 39.8 Å². The number of rotatable bonds is 6. The monoisotopic (exact) mass is 264 g/mol. The zero-order valence-electron chi connectivity index (χ0n) is 12.2. The molecule has 1 aromatic rings. The van der Waals surface area contributed by atoms with E-state index in [1.165, 1.54) is 0 Å². The Kier molecular flexibility index (Phi) is 4.98. The summed E-state index contributed by atoms with van der Waals surface area (Å²) in [6, 6.07) is 5.71. The van der Waals surface area contributed by atoms with Gasteiger partial charge in [-0.05, 0) is 41.4 Å². The van der Waals surface area contributed by atoms with Crippen LogP contribution in [0, 0.1) is 0 Å². The van der Waals surface area contributed by atoms with Gasteiger partial charge in [0.15, 0.2) is 0 Å². The summed E-state index contributed by atoms with van der Waals surface area (Å²) in [4.78, 5) is 10.6. The number of hydrogen-bond acceptors (Lipinski definition) is 2. The summed E-state index contributed by atoms with van der Waals surface area (Å²) in [5.41, 5.74) is 2.02. The van der Waals surface area contributed by atoms with Gasteiger partial charge in [-0.2, -0.15) is 0 Å². The smallest absolute Gasteiger partial charge is 0.303 e. The van der Waals surface area contributed by atoms with Crippen LogP contribution in [-0.4, -0.2) is 16.2 Å². The lowest BCUT2D eigenvalue weighted by Gasteiger charge is -2.26. The van der Waals surface area contributed by atoms with E-state index in [0.29, 0.717) is 12.2 Å². The Bertz CT molecular complexity index is 447. The van der Waals surface area contributed by atoms with Crippen molar-refractivity contribution in [3.63, 3.8) is 0 Å². The first-order valence-corrected chi connectivity index (χ1v) is 6.79. The van der Waals surface area contributed by atoms with Crippen molar-refractivity contribution in [2.75, 3.05) is 0 Å². The van der Waals surface area contributed by atoms with Crippen LogP contribution in [0.25, 0.3) is 0 Å². The fourth-order valence-corrected chi connectivity index (χ4v) is 2.26. The second-order valence-corrected chi connectivity index (χ2v) is 6.06. The molecule has 0 aromatic heterocycles. The van der Waals surface area contributed by atoms with E-state index in [1.807, 2.05) is 12.1 Å². The molecule has 0 bridgehead atoms. The Morgan fingerprint density at radius 2 is 1.95 bits per heavy atom. The van der Waals surface area contributed by atoms with E-state index in [1.54, 1.807) is 6.07 Å². The summed E-state index contributed by atoms with van der Waals surface area (Å²) in [6.45, 7) is 8.34. The highest BCUT2D eigenvalue weighted by molar-refractivity contribution is 5.66. The van der Waals surface area contributed by atoms with E-state index in [2.05, 4.69) is 27.7 Å². The lowest BCUT2D eigenvalue weighted by atomic mass is 9.79. The first-order valence-electron chi connectivity index (χ1n) is 6.79. The van der Waals surface area contributed by atoms with E-state index < -0.39 is 5.97 Å². The number of aromatic hydroxyl groups is 1. The van der Waals surface area contributed by atoms with Crippen LogP contribution in [0.3, 0.4) is 0 Å². The van der Waals surface area contributed by atoms with Crippen molar-refractivity contribution in [1.82, 2.24) is 0 Å². The molecule has 2 N–H and O–H groups in total. The summed E-state index contributed by atoms with van der Waals surface area (Å²) >= 11 is 0. The van der Waals surface area contributed by atoms with Gasteiger partial charge in [0.05, 0.1) is 0 Å². The molecule has 0 amide bonds. The van der Waals surface area contributed by atoms with Crippen LogP contribution in [0.4, 0.5) is 0 Å². The molecule has 106 valence electrons. The Morgan fingerprint density at radius 1 is 1.32 bits per heavy atom. The van der Waals surface area contributed by atoms with Crippen molar-refractivity contribution in [3.05, 3.63) is 29.3 Å². The molecular formula is C16H24O3. The Labute approximate surface area is 115 Å². The largest absolute Gasteiger partial charge is 0.508 e. The van der Waals surface area contributed by atoms with Gasteiger partial charge in [0.2, 0.25) is 0 Å². The van der Waals surface area contributed by atoms with Gasteiger partial charge in [-0.3, -0.25) is 4.79 Å². The minimum absolute atomic E-state index is 0.0766. The number of carboxylic acids is 1. The molecule has 0 unspecified atom stereocenters. The van der Waals surface area contributed by atoms with E-state index in [9.17, 15) is 9.90 Å². The third kappa shape index (κ3) is 4.27. The molecule has 0 saturated heterocycles. The molecule has 0 atom stereocenters. The van der Waals surface area contributed by atoms with Crippen LogP contribution in [-0.2, 0) is 10.2 Å². The minimum atomic E-state index is -0.746. The number of phenolic OH excluding ortho intramolecular Hbond substituents is 1. The van der Waals surface area contributed by atoms with Gasteiger partial charge in [0.25, 0.3) is 0 Å². The third-order valence-corrected chi connectivity index (χ3v) is 3.62. The second-order valence-electron chi connectivity index (χ2n) is 6.06. The standard InChI is InChI=1S/C16H24O3/c1-11(2)13-10-12(7-8-14(13)17)16(3,4)9-5-6-15(18)19/h7-8,10-11,17H,5-6,9H2,1-4H3,(H,18,19). The number of carbonyl (C=O) groups is 1. The van der Waals surface area contributed by atoms with Gasteiger partial charge >= 0.3 is 5.97 Å². The summed E-state index contributed by atoms with van der Waals surface area (Å²) in [7, 11) is 0. The summed E-state index contributed by atoms with van der Waals surface area (Å²) in [5.74, 6) is -0.140. The van der Waals surface area contributed by atoms with Crippen LogP contribution in [0.1, 0.15) is 64.0 Å². The topological polar surface area (TPSA) is 57.5 Å². The van der Waals surface area contributed by atoms with Crippen molar-refractivity contribution < 1.29 is 15.0 Å². The van der Waals surface area contributed by atoms with Crippen LogP contribution in [0.15, 0.2) is 18.2 Å². The van der Waals surface area contributed by atoms with Crippen molar-refractivity contribution in [2.24, 2.45) is 0 Å². The van der Waals surface area contributed by atoms with Crippen LogP contribution >= 0.6 is 0 Å². The average Bonchev–Trinajstić information content (AvgIpc) is 2.27. The quantitative estimate of drug-likeness (QED) is 0.815. The van der Waals surface area contributed by atoms with Gasteiger partial charge in [-0.25, -0.2) is 0 Å². The van der Waals surface area contributed by atoms with Gasteiger partial charge in [0.1, 0.15) is 5.75 Å².